The average molecular weight is 346 g/mol. The summed E-state index contributed by atoms with van der Waals surface area (Å²) < 4.78 is 49.5. The first-order chi connectivity index (χ1) is 10.1. The second-order valence-corrected chi connectivity index (χ2v) is 9.54. The van der Waals surface area contributed by atoms with Crippen molar-refractivity contribution in [1.82, 2.24) is 4.31 Å². The molecule has 0 aliphatic carbocycles. The quantitative estimate of drug-likeness (QED) is 0.879. The van der Waals surface area contributed by atoms with E-state index in [4.69, 9.17) is 5.14 Å². The van der Waals surface area contributed by atoms with E-state index in [0.717, 1.165) is 5.56 Å². The smallest absolute Gasteiger partial charge is 0.229 e. The van der Waals surface area contributed by atoms with Gasteiger partial charge >= 0.3 is 0 Å². The third kappa shape index (κ3) is 4.07. The fourth-order valence-corrected chi connectivity index (χ4v) is 5.63. The molecule has 1 heterocycles. The Balaban J connectivity index is 2.27. The molecule has 2 rings (SSSR count). The molecule has 2 N–H and O–H groups in total. The third-order valence-electron chi connectivity index (χ3n) is 3.91. The predicted octanol–water partition coefficient (Wildman–Crippen LogP) is 0.993. The minimum atomic E-state index is -3.61. The van der Waals surface area contributed by atoms with Crippen molar-refractivity contribution >= 4 is 20.0 Å². The van der Waals surface area contributed by atoms with Crippen LogP contribution in [-0.2, 0) is 20.0 Å². The summed E-state index contributed by atoms with van der Waals surface area (Å²) in [6, 6.07) is 5.32. The topological polar surface area (TPSA) is 97.5 Å². The highest BCUT2D eigenvalue weighted by Crippen LogP contribution is 2.26. The van der Waals surface area contributed by atoms with Gasteiger partial charge < -0.3 is 0 Å². The van der Waals surface area contributed by atoms with Crippen LogP contribution in [0.15, 0.2) is 23.1 Å². The van der Waals surface area contributed by atoms with Crippen LogP contribution < -0.4 is 5.14 Å². The standard InChI is InChI=1S/C14H22N2O4S2/c1-11-5-6-12(2)14(8-11)22(19,20)16-7-3-4-13(9-16)10-21(15,17)18/h5-6,8,13H,3-4,7,9-10H2,1-2H3,(H2,15,17,18)/t13-/m1/s1. The minimum Gasteiger partial charge on any atom is -0.229 e. The number of nitrogens with two attached hydrogens (primary N) is 1. The van der Waals surface area contributed by atoms with Crippen molar-refractivity contribution in [2.45, 2.75) is 31.6 Å². The number of hydrogen-bond donors (Lipinski definition) is 1. The Bertz CT molecular complexity index is 757. The van der Waals surface area contributed by atoms with Gasteiger partial charge in [-0.2, -0.15) is 4.31 Å². The summed E-state index contributed by atoms with van der Waals surface area (Å²) in [5.41, 5.74) is 1.57. The molecule has 0 unspecified atom stereocenters. The van der Waals surface area contributed by atoms with Crippen LogP contribution in [0.4, 0.5) is 0 Å². The molecule has 124 valence electrons. The Kier molecular flexibility index (Phi) is 4.96. The Morgan fingerprint density at radius 2 is 1.91 bits per heavy atom. The molecule has 22 heavy (non-hydrogen) atoms. The average Bonchev–Trinajstić information content (AvgIpc) is 2.40. The summed E-state index contributed by atoms with van der Waals surface area (Å²) >= 11 is 0. The molecule has 1 atom stereocenters. The number of rotatable bonds is 4. The van der Waals surface area contributed by atoms with Gasteiger partial charge in [-0.1, -0.05) is 12.1 Å². The number of sulfonamides is 2. The van der Waals surface area contributed by atoms with Crippen molar-refractivity contribution < 1.29 is 16.8 Å². The number of piperidine rings is 1. The van der Waals surface area contributed by atoms with Crippen molar-refractivity contribution in [3.8, 4) is 0 Å². The van der Waals surface area contributed by atoms with E-state index in [9.17, 15) is 16.8 Å². The summed E-state index contributed by atoms with van der Waals surface area (Å²) in [5.74, 6) is -0.421. The van der Waals surface area contributed by atoms with E-state index < -0.39 is 20.0 Å². The Morgan fingerprint density at radius 1 is 1.23 bits per heavy atom. The van der Waals surface area contributed by atoms with E-state index in [1.54, 1.807) is 19.1 Å². The van der Waals surface area contributed by atoms with Crippen LogP contribution in [0.2, 0.25) is 0 Å². The van der Waals surface area contributed by atoms with Gasteiger partial charge in [-0.25, -0.2) is 22.0 Å². The molecule has 1 aromatic carbocycles. The molecule has 1 aliphatic heterocycles. The lowest BCUT2D eigenvalue weighted by molar-refractivity contribution is 0.282. The fourth-order valence-electron chi connectivity index (χ4n) is 2.83. The lowest BCUT2D eigenvalue weighted by atomic mass is 10.0. The molecule has 0 amide bonds. The lowest BCUT2D eigenvalue weighted by Crippen LogP contribution is -2.42. The summed E-state index contributed by atoms with van der Waals surface area (Å²) in [4.78, 5) is 0.295. The summed E-state index contributed by atoms with van der Waals surface area (Å²) in [6.45, 7) is 4.22. The zero-order chi connectivity index (χ0) is 16.5. The molecule has 6 nitrogen and oxygen atoms in total. The maximum atomic E-state index is 12.8. The number of hydrogen-bond acceptors (Lipinski definition) is 4. The maximum absolute atomic E-state index is 12.8. The van der Waals surface area contributed by atoms with E-state index >= 15 is 0 Å². The van der Waals surface area contributed by atoms with Gasteiger partial charge in [0.15, 0.2) is 0 Å². The SMILES string of the molecule is Cc1ccc(C)c(S(=O)(=O)N2CCC[C@@H](CS(N)(=O)=O)C2)c1. The number of aryl methyl sites for hydroxylation is 2. The maximum Gasteiger partial charge on any atom is 0.243 e. The van der Waals surface area contributed by atoms with E-state index in [-0.39, 0.29) is 18.2 Å². The molecule has 8 heteroatoms. The van der Waals surface area contributed by atoms with E-state index in [1.807, 2.05) is 13.0 Å². The molecule has 1 fully saturated rings. The number of benzene rings is 1. The van der Waals surface area contributed by atoms with Crippen molar-refractivity contribution in [2.75, 3.05) is 18.8 Å². The van der Waals surface area contributed by atoms with Crippen molar-refractivity contribution in [2.24, 2.45) is 11.1 Å². The molecule has 1 aliphatic rings. The van der Waals surface area contributed by atoms with Gasteiger partial charge in [0, 0.05) is 13.1 Å². The van der Waals surface area contributed by atoms with Gasteiger partial charge in [0.25, 0.3) is 0 Å². The summed E-state index contributed by atoms with van der Waals surface area (Å²) in [6.07, 6.45) is 1.32. The molecule has 0 spiro atoms. The van der Waals surface area contributed by atoms with Crippen LogP contribution in [-0.4, -0.2) is 40.0 Å². The normalized spacial score (nSPS) is 21.0. The second kappa shape index (κ2) is 6.27. The van der Waals surface area contributed by atoms with Gasteiger partial charge in [-0.15, -0.1) is 0 Å². The van der Waals surface area contributed by atoms with Gasteiger partial charge in [0.1, 0.15) is 0 Å². The zero-order valence-corrected chi connectivity index (χ0v) is 14.5. The monoisotopic (exact) mass is 346 g/mol. The van der Waals surface area contributed by atoms with Gasteiger partial charge in [0.05, 0.1) is 10.6 Å². The molecule has 0 saturated carbocycles. The highest BCUT2D eigenvalue weighted by molar-refractivity contribution is 7.89. The van der Waals surface area contributed by atoms with Gasteiger partial charge in [-0.3, -0.25) is 0 Å². The number of nitrogens with zero attached hydrogens (tertiary/aromatic N) is 1. The molecular weight excluding hydrogens is 324 g/mol. The fraction of sp³-hybridized carbons (Fsp3) is 0.571. The summed E-state index contributed by atoms with van der Waals surface area (Å²) in [5, 5.41) is 5.08. The van der Waals surface area contributed by atoms with E-state index in [1.165, 1.54) is 4.31 Å². The minimum absolute atomic E-state index is 0.175. The van der Waals surface area contributed by atoms with Crippen LogP contribution in [0, 0.1) is 19.8 Å². The number of primary sulfonamides is 1. The Hall–Kier alpha value is -0.960. The molecule has 1 aromatic rings. The lowest BCUT2D eigenvalue weighted by Gasteiger charge is -2.31. The third-order valence-corrected chi connectivity index (χ3v) is 6.85. The van der Waals surface area contributed by atoms with Gasteiger partial charge in [-0.05, 0) is 49.8 Å². The zero-order valence-electron chi connectivity index (χ0n) is 12.8. The molecular formula is C14H22N2O4S2. The van der Waals surface area contributed by atoms with Crippen LogP contribution in [0.5, 0.6) is 0 Å². The van der Waals surface area contributed by atoms with Gasteiger partial charge in [0.2, 0.25) is 20.0 Å². The summed E-state index contributed by atoms with van der Waals surface area (Å²) in [7, 11) is -7.20. The van der Waals surface area contributed by atoms with Crippen molar-refractivity contribution in [1.29, 1.82) is 0 Å². The van der Waals surface area contributed by atoms with Crippen molar-refractivity contribution in [3.05, 3.63) is 29.3 Å². The largest absolute Gasteiger partial charge is 0.243 e. The second-order valence-electron chi connectivity index (χ2n) is 5.97. The van der Waals surface area contributed by atoms with Crippen LogP contribution >= 0.6 is 0 Å². The molecule has 0 aromatic heterocycles. The Labute approximate surface area is 132 Å². The van der Waals surface area contributed by atoms with Crippen LogP contribution in [0.25, 0.3) is 0 Å². The highest BCUT2D eigenvalue weighted by atomic mass is 32.2. The van der Waals surface area contributed by atoms with Crippen LogP contribution in [0.3, 0.4) is 0 Å². The van der Waals surface area contributed by atoms with E-state index in [2.05, 4.69) is 0 Å². The first-order valence-corrected chi connectivity index (χ1v) is 10.3. The predicted molar refractivity (Wildman–Crippen MR) is 85.4 cm³/mol. The molecule has 1 saturated heterocycles. The first kappa shape index (κ1) is 17.4. The van der Waals surface area contributed by atoms with E-state index in [0.29, 0.717) is 29.8 Å². The first-order valence-electron chi connectivity index (χ1n) is 7.17. The van der Waals surface area contributed by atoms with Crippen molar-refractivity contribution in [3.63, 3.8) is 0 Å². The Morgan fingerprint density at radius 3 is 2.55 bits per heavy atom. The molecule has 0 radical (unpaired) electrons. The highest BCUT2D eigenvalue weighted by Gasteiger charge is 2.32. The van der Waals surface area contributed by atoms with Crippen LogP contribution in [0.1, 0.15) is 24.0 Å². The molecule has 0 bridgehead atoms.